The smallest absolute Gasteiger partial charge is 0.241 e. The number of amides is 4. The van der Waals surface area contributed by atoms with Crippen molar-refractivity contribution in [3.05, 3.63) is 65.7 Å². The maximum Gasteiger partial charge on any atom is 0.241 e. The zero-order valence-electron chi connectivity index (χ0n) is 22.3. The molecule has 3 fully saturated rings. The summed E-state index contributed by atoms with van der Waals surface area (Å²) in [6.45, 7) is 4.16. The number of aromatic hydroxyl groups is 1. The van der Waals surface area contributed by atoms with Gasteiger partial charge in [-0.05, 0) is 61.9 Å². The van der Waals surface area contributed by atoms with Crippen molar-refractivity contribution in [1.29, 1.82) is 0 Å². The molecule has 2 aliphatic heterocycles. The van der Waals surface area contributed by atoms with Crippen LogP contribution in [0.25, 0.3) is 0 Å². The molecule has 2 aromatic rings. The maximum absolute atomic E-state index is 14.3. The fraction of sp³-hybridized carbons (Fsp3) is 0.419. The highest BCUT2D eigenvalue weighted by atomic mass is 16.5. The zero-order valence-corrected chi connectivity index (χ0v) is 22.3. The van der Waals surface area contributed by atoms with Crippen molar-refractivity contribution in [1.82, 2.24) is 4.90 Å². The quantitative estimate of drug-likeness (QED) is 0.464. The van der Waals surface area contributed by atoms with Crippen molar-refractivity contribution in [3.63, 3.8) is 0 Å². The first-order valence-electron chi connectivity index (χ1n) is 13.6. The second-order valence-electron chi connectivity index (χ2n) is 11.3. The Morgan fingerprint density at radius 2 is 1.74 bits per heavy atom. The normalized spacial score (nSPS) is 31.7. The van der Waals surface area contributed by atoms with Crippen LogP contribution in [0, 0.1) is 29.1 Å². The molecule has 1 N–H and O–H groups in total. The molecule has 6 rings (SSSR count). The first-order valence-corrected chi connectivity index (χ1v) is 13.6. The molecule has 202 valence electrons. The van der Waals surface area contributed by atoms with Gasteiger partial charge in [-0.3, -0.25) is 24.1 Å². The van der Waals surface area contributed by atoms with Gasteiger partial charge in [0.15, 0.2) is 11.5 Å². The number of phenolic OH excluding ortho intramolecular Hbond substituents is 1. The molecule has 2 aromatic carbocycles. The zero-order chi connectivity index (χ0) is 27.6. The molecule has 6 unspecified atom stereocenters. The Bertz CT molecular complexity index is 1420. The molecular formula is C31H32N2O6. The Morgan fingerprint density at radius 1 is 1.00 bits per heavy atom. The van der Waals surface area contributed by atoms with E-state index < -0.39 is 29.1 Å². The van der Waals surface area contributed by atoms with E-state index in [9.17, 15) is 24.3 Å². The van der Waals surface area contributed by atoms with Crippen LogP contribution >= 0.6 is 0 Å². The lowest BCUT2D eigenvalue weighted by atomic mass is 9.51. The van der Waals surface area contributed by atoms with E-state index in [2.05, 4.69) is 0 Å². The van der Waals surface area contributed by atoms with Crippen molar-refractivity contribution < 1.29 is 29.0 Å². The van der Waals surface area contributed by atoms with Crippen molar-refractivity contribution >= 4 is 29.3 Å². The Labute approximate surface area is 227 Å². The van der Waals surface area contributed by atoms with Crippen LogP contribution in [-0.4, -0.2) is 47.3 Å². The average molecular weight is 529 g/mol. The molecule has 2 aliphatic carbocycles. The lowest BCUT2D eigenvalue weighted by Gasteiger charge is -2.49. The van der Waals surface area contributed by atoms with Gasteiger partial charge in [0, 0.05) is 12.5 Å². The highest BCUT2D eigenvalue weighted by molar-refractivity contribution is 6.24. The second kappa shape index (κ2) is 9.07. The lowest BCUT2D eigenvalue weighted by Crippen LogP contribution is -2.48. The van der Waals surface area contributed by atoms with Crippen LogP contribution in [0.4, 0.5) is 5.69 Å². The molecule has 8 heteroatoms. The number of allylic oxidation sites excluding steroid dienone is 2. The minimum atomic E-state index is -1.13. The third kappa shape index (κ3) is 3.43. The Morgan fingerprint density at radius 3 is 2.44 bits per heavy atom. The monoisotopic (exact) mass is 528 g/mol. The number of carbonyl (C=O) groups is 4. The van der Waals surface area contributed by atoms with E-state index in [1.807, 2.05) is 26.0 Å². The molecular weight excluding hydrogens is 496 g/mol. The Kier molecular flexibility index (Phi) is 5.90. The number of methoxy groups -OCH3 is 1. The molecule has 4 amide bonds. The van der Waals surface area contributed by atoms with Crippen LogP contribution in [0.2, 0.25) is 0 Å². The van der Waals surface area contributed by atoms with Gasteiger partial charge >= 0.3 is 0 Å². The van der Waals surface area contributed by atoms with Gasteiger partial charge in [0.05, 0.1) is 36.0 Å². The summed E-state index contributed by atoms with van der Waals surface area (Å²) in [6, 6.07) is 13.9. The number of rotatable bonds is 5. The van der Waals surface area contributed by atoms with E-state index in [1.165, 1.54) is 23.0 Å². The number of anilines is 1. The minimum Gasteiger partial charge on any atom is -0.504 e. The van der Waals surface area contributed by atoms with Crippen LogP contribution in [0.3, 0.4) is 0 Å². The van der Waals surface area contributed by atoms with Gasteiger partial charge in [-0.25, -0.2) is 4.90 Å². The van der Waals surface area contributed by atoms with Gasteiger partial charge in [0.2, 0.25) is 23.6 Å². The molecule has 0 spiro atoms. The standard InChI is InChI=1S/C31H32N2O6/c1-4-14-32-27(35)20-12-11-19-21(25(20)29(32)37)16-22-28(36)33(18-8-6-5-7-9-18)30(38)31(22,2)26(19)17-10-13-23(34)24(15-17)39-3/h5-11,13,15,20-22,25-26,34H,4,12,14,16H2,1-3H3. The number of nitrogens with zero attached hydrogens (tertiary/aromatic N) is 2. The molecule has 39 heavy (non-hydrogen) atoms. The van der Waals surface area contributed by atoms with Gasteiger partial charge in [-0.15, -0.1) is 0 Å². The van der Waals surface area contributed by atoms with Gasteiger partial charge in [0.1, 0.15) is 0 Å². The summed E-state index contributed by atoms with van der Waals surface area (Å²) in [5, 5.41) is 10.3. The molecule has 0 bridgehead atoms. The number of imide groups is 2. The number of phenols is 1. The molecule has 0 radical (unpaired) electrons. The molecule has 0 aromatic heterocycles. The van der Waals surface area contributed by atoms with E-state index in [1.54, 1.807) is 36.4 Å². The topological polar surface area (TPSA) is 104 Å². The number of fused-ring (bicyclic) bond motifs is 4. The summed E-state index contributed by atoms with van der Waals surface area (Å²) >= 11 is 0. The van der Waals surface area contributed by atoms with E-state index in [0.29, 0.717) is 31.5 Å². The molecule has 6 atom stereocenters. The van der Waals surface area contributed by atoms with Crippen LogP contribution < -0.4 is 9.64 Å². The summed E-state index contributed by atoms with van der Waals surface area (Å²) in [4.78, 5) is 57.9. The molecule has 2 heterocycles. The summed E-state index contributed by atoms with van der Waals surface area (Å²) in [5.74, 6) is -3.22. The summed E-state index contributed by atoms with van der Waals surface area (Å²) in [7, 11) is 1.46. The van der Waals surface area contributed by atoms with Gasteiger partial charge in [-0.1, -0.05) is 42.8 Å². The molecule has 8 nitrogen and oxygen atoms in total. The summed E-state index contributed by atoms with van der Waals surface area (Å²) in [5.41, 5.74) is 1.03. The number of hydrogen-bond acceptors (Lipinski definition) is 6. The van der Waals surface area contributed by atoms with Crippen molar-refractivity contribution in [3.8, 4) is 11.5 Å². The lowest BCUT2D eigenvalue weighted by molar-refractivity contribution is -0.140. The Balaban J connectivity index is 1.52. The summed E-state index contributed by atoms with van der Waals surface area (Å²) < 4.78 is 5.40. The van der Waals surface area contributed by atoms with E-state index in [0.717, 1.165) is 11.1 Å². The Hall–Kier alpha value is -3.94. The number of benzene rings is 2. The van der Waals surface area contributed by atoms with Crippen LogP contribution in [0.15, 0.2) is 60.2 Å². The summed E-state index contributed by atoms with van der Waals surface area (Å²) in [6.07, 6.45) is 3.44. The predicted octanol–water partition coefficient (Wildman–Crippen LogP) is 4.04. The van der Waals surface area contributed by atoms with Gasteiger partial charge in [0.25, 0.3) is 0 Å². The number of carbonyl (C=O) groups excluding carboxylic acids is 4. The molecule has 4 aliphatic rings. The van der Waals surface area contributed by atoms with E-state index >= 15 is 0 Å². The van der Waals surface area contributed by atoms with Crippen molar-refractivity contribution in [2.45, 2.75) is 39.0 Å². The first-order chi connectivity index (χ1) is 18.7. The predicted molar refractivity (Wildman–Crippen MR) is 143 cm³/mol. The SMILES string of the molecule is CCCN1C(=O)C2CC=C3C(CC4C(=O)N(c5ccccc5)C(=O)C4(C)C3c3ccc(O)c(OC)c3)C2C1=O. The highest BCUT2D eigenvalue weighted by Gasteiger charge is 2.67. The van der Waals surface area contributed by atoms with Crippen molar-refractivity contribution in [2.75, 3.05) is 18.6 Å². The van der Waals surface area contributed by atoms with Gasteiger partial charge in [-0.2, -0.15) is 0 Å². The fourth-order valence-corrected chi connectivity index (χ4v) is 7.60. The van der Waals surface area contributed by atoms with E-state index in [4.69, 9.17) is 4.74 Å². The van der Waals surface area contributed by atoms with Crippen LogP contribution in [-0.2, 0) is 19.2 Å². The number of likely N-dealkylation sites (tertiary alicyclic amines) is 1. The average Bonchev–Trinajstić information content (AvgIpc) is 3.29. The third-order valence-corrected chi connectivity index (χ3v) is 9.36. The number of hydrogen-bond donors (Lipinski definition) is 1. The first kappa shape index (κ1) is 25.3. The number of para-hydroxylation sites is 1. The van der Waals surface area contributed by atoms with E-state index in [-0.39, 0.29) is 41.0 Å². The maximum atomic E-state index is 14.3. The molecule has 1 saturated carbocycles. The second-order valence-corrected chi connectivity index (χ2v) is 11.3. The third-order valence-electron chi connectivity index (χ3n) is 9.36. The molecule has 2 saturated heterocycles. The van der Waals surface area contributed by atoms with Crippen molar-refractivity contribution in [2.24, 2.45) is 29.1 Å². The largest absolute Gasteiger partial charge is 0.504 e. The van der Waals surface area contributed by atoms with Crippen LogP contribution in [0.1, 0.15) is 44.6 Å². The van der Waals surface area contributed by atoms with Gasteiger partial charge < -0.3 is 9.84 Å². The fourth-order valence-electron chi connectivity index (χ4n) is 7.60. The number of ether oxygens (including phenoxy) is 1. The minimum absolute atomic E-state index is 0.0282. The highest BCUT2D eigenvalue weighted by Crippen LogP contribution is 2.63. The van der Waals surface area contributed by atoms with Crippen LogP contribution in [0.5, 0.6) is 11.5 Å².